The second-order valence-corrected chi connectivity index (χ2v) is 6.28. The van der Waals surface area contributed by atoms with E-state index < -0.39 is 0 Å². The number of rotatable bonds is 4. The van der Waals surface area contributed by atoms with Gasteiger partial charge in [0.1, 0.15) is 11.6 Å². The zero-order valence-corrected chi connectivity index (χ0v) is 14.6. The van der Waals surface area contributed by atoms with Crippen LogP contribution in [0.5, 0.6) is 5.75 Å². The molecule has 26 heavy (non-hydrogen) atoms. The lowest BCUT2D eigenvalue weighted by Gasteiger charge is -2.32. The maximum absolute atomic E-state index is 13.0. The van der Waals surface area contributed by atoms with E-state index in [0.717, 1.165) is 0 Å². The van der Waals surface area contributed by atoms with E-state index in [1.54, 1.807) is 36.3 Å². The number of nitrogens with zero attached hydrogens (tertiary/aromatic N) is 1. The van der Waals surface area contributed by atoms with Gasteiger partial charge in [0, 0.05) is 30.3 Å². The standard InChI is InChI=1S/C20H21FN2O3/c1-26-18-8-4-14(5-9-18)19(24)22-17-10-12-23(13-11-17)20(25)15-2-6-16(21)7-3-15/h2-9,17H,10-13H2,1H3,(H,22,24). The van der Waals surface area contributed by atoms with Gasteiger partial charge in [-0.2, -0.15) is 0 Å². The molecule has 3 rings (SSSR count). The molecule has 1 saturated heterocycles. The fourth-order valence-corrected chi connectivity index (χ4v) is 3.01. The van der Waals surface area contributed by atoms with Crippen molar-refractivity contribution in [2.75, 3.05) is 20.2 Å². The molecule has 0 atom stereocenters. The number of hydrogen-bond donors (Lipinski definition) is 1. The van der Waals surface area contributed by atoms with Crippen LogP contribution in [0.1, 0.15) is 33.6 Å². The Morgan fingerprint density at radius 3 is 2.15 bits per heavy atom. The van der Waals surface area contributed by atoms with Gasteiger partial charge < -0.3 is 15.0 Å². The number of methoxy groups -OCH3 is 1. The van der Waals surface area contributed by atoms with E-state index in [9.17, 15) is 14.0 Å². The molecule has 136 valence electrons. The Kier molecular flexibility index (Phi) is 5.51. The second kappa shape index (κ2) is 7.99. The summed E-state index contributed by atoms with van der Waals surface area (Å²) < 4.78 is 18.1. The van der Waals surface area contributed by atoms with Gasteiger partial charge >= 0.3 is 0 Å². The fourth-order valence-electron chi connectivity index (χ4n) is 3.01. The number of ether oxygens (including phenoxy) is 1. The van der Waals surface area contributed by atoms with E-state index in [1.807, 2.05) is 0 Å². The van der Waals surface area contributed by atoms with Crippen molar-refractivity contribution in [1.29, 1.82) is 0 Å². The largest absolute Gasteiger partial charge is 0.497 e. The van der Waals surface area contributed by atoms with Crippen molar-refractivity contribution in [3.05, 3.63) is 65.5 Å². The summed E-state index contributed by atoms with van der Waals surface area (Å²) in [7, 11) is 1.58. The third-order valence-corrected chi connectivity index (χ3v) is 4.56. The van der Waals surface area contributed by atoms with Crippen LogP contribution in [0.3, 0.4) is 0 Å². The molecule has 1 heterocycles. The van der Waals surface area contributed by atoms with Crippen LogP contribution >= 0.6 is 0 Å². The molecule has 1 aliphatic heterocycles. The number of hydrogen-bond acceptors (Lipinski definition) is 3. The number of carbonyl (C=O) groups is 2. The van der Waals surface area contributed by atoms with Crippen LogP contribution < -0.4 is 10.1 Å². The lowest BCUT2D eigenvalue weighted by Crippen LogP contribution is -2.46. The first kappa shape index (κ1) is 17.9. The SMILES string of the molecule is COc1ccc(C(=O)NC2CCN(C(=O)c3ccc(F)cc3)CC2)cc1. The van der Waals surface area contributed by atoms with Crippen LogP contribution in [0.15, 0.2) is 48.5 Å². The van der Waals surface area contributed by atoms with Gasteiger partial charge in [-0.15, -0.1) is 0 Å². The Bertz CT molecular complexity index is 767. The molecular weight excluding hydrogens is 335 g/mol. The Morgan fingerprint density at radius 1 is 1.00 bits per heavy atom. The molecule has 2 aromatic rings. The highest BCUT2D eigenvalue weighted by Crippen LogP contribution is 2.16. The summed E-state index contributed by atoms with van der Waals surface area (Å²) in [4.78, 5) is 26.5. The molecule has 6 heteroatoms. The summed E-state index contributed by atoms with van der Waals surface area (Å²) in [5.74, 6) is 0.108. The van der Waals surface area contributed by atoms with E-state index in [2.05, 4.69) is 5.32 Å². The zero-order valence-electron chi connectivity index (χ0n) is 14.6. The number of amides is 2. The van der Waals surface area contributed by atoms with Crippen LogP contribution in [-0.2, 0) is 0 Å². The number of nitrogens with one attached hydrogen (secondary N) is 1. The normalized spacial score (nSPS) is 14.8. The number of halogens is 1. The first-order chi connectivity index (χ1) is 12.6. The molecule has 1 N–H and O–H groups in total. The zero-order chi connectivity index (χ0) is 18.5. The second-order valence-electron chi connectivity index (χ2n) is 6.28. The van der Waals surface area contributed by atoms with Gasteiger partial charge in [0.2, 0.25) is 0 Å². The third kappa shape index (κ3) is 4.20. The van der Waals surface area contributed by atoms with Crippen molar-refractivity contribution in [3.8, 4) is 5.75 Å². The van der Waals surface area contributed by atoms with Gasteiger partial charge in [-0.1, -0.05) is 0 Å². The molecule has 0 spiro atoms. The summed E-state index contributed by atoms with van der Waals surface area (Å²) in [6.07, 6.45) is 1.38. The average Bonchev–Trinajstić information content (AvgIpc) is 2.68. The molecule has 0 bridgehead atoms. The molecule has 2 amide bonds. The Labute approximate surface area is 151 Å². The first-order valence-corrected chi connectivity index (χ1v) is 8.56. The van der Waals surface area contributed by atoms with Gasteiger partial charge in [0.15, 0.2) is 0 Å². The quantitative estimate of drug-likeness (QED) is 0.916. The summed E-state index contributed by atoms with van der Waals surface area (Å²) in [5.41, 5.74) is 1.06. The molecule has 0 aromatic heterocycles. The molecule has 0 saturated carbocycles. The monoisotopic (exact) mass is 356 g/mol. The summed E-state index contributed by atoms with van der Waals surface area (Å²) in [6.45, 7) is 1.12. The molecule has 1 fully saturated rings. The summed E-state index contributed by atoms with van der Waals surface area (Å²) in [6, 6.07) is 12.5. The summed E-state index contributed by atoms with van der Waals surface area (Å²) >= 11 is 0. The highest BCUT2D eigenvalue weighted by molar-refractivity contribution is 5.95. The van der Waals surface area contributed by atoms with E-state index in [-0.39, 0.29) is 23.7 Å². The van der Waals surface area contributed by atoms with E-state index >= 15 is 0 Å². The summed E-state index contributed by atoms with van der Waals surface area (Å²) in [5, 5.41) is 3.01. The van der Waals surface area contributed by atoms with Gasteiger partial charge in [-0.25, -0.2) is 4.39 Å². The average molecular weight is 356 g/mol. The van der Waals surface area contributed by atoms with Crippen molar-refractivity contribution in [3.63, 3.8) is 0 Å². The van der Waals surface area contributed by atoms with Crippen LogP contribution in [0.25, 0.3) is 0 Å². The number of piperidine rings is 1. The van der Waals surface area contributed by atoms with Gasteiger partial charge in [-0.3, -0.25) is 9.59 Å². The van der Waals surface area contributed by atoms with E-state index in [0.29, 0.717) is 42.8 Å². The first-order valence-electron chi connectivity index (χ1n) is 8.56. The number of benzene rings is 2. The minimum Gasteiger partial charge on any atom is -0.497 e. The maximum atomic E-state index is 13.0. The molecule has 5 nitrogen and oxygen atoms in total. The maximum Gasteiger partial charge on any atom is 0.253 e. The number of carbonyl (C=O) groups excluding carboxylic acids is 2. The van der Waals surface area contributed by atoms with Crippen molar-refractivity contribution >= 4 is 11.8 Å². The predicted octanol–water partition coefficient (Wildman–Crippen LogP) is 2.87. The highest BCUT2D eigenvalue weighted by atomic mass is 19.1. The topological polar surface area (TPSA) is 58.6 Å². The van der Waals surface area contributed by atoms with E-state index in [1.165, 1.54) is 24.3 Å². The number of likely N-dealkylation sites (tertiary alicyclic amines) is 1. The third-order valence-electron chi connectivity index (χ3n) is 4.56. The van der Waals surface area contributed by atoms with Gasteiger partial charge in [0.25, 0.3) is 11.8 Å². The van der Waals surface area contributed by atoms with Crippen LogP contribution in [0, 0.1) is 5.82 Å². The van der Waals surface area contributed by atoms with E-state index in [4.69, 9.17) is 4.74 Å². The van der Waals surface area contributed by atoms with Crippen molar-refractivity contribution in [1.82, 2.24) is 10.2 Å². The minimum atomic E-state index is -0.360. The van der Waals surface area contributed by atoms with Crippen molar-refractivity contribution in [2.24, 2.45) is 0 Å². The fraction of sp³-hybridized carbons (Fsp3) is 0.300. The minimum absolute atomic E-state index is 0.0295. The lowest BCUT2D eigenvalue weighted by atomic mass is 10.0. The van der Waals surface area contributed by atoms with Crippen LogP contribution in [0.2, 0.25) is 0 Å². The Morgan fingerprint density at radius 2 is 1.58 bits per heavy atom. The van der Waals surface area contributed by atoms with Gasteiger partial charge in [-0.05, 0) is 61.4 Å². The lowest BCUT2D eigenvalue weighted by molar-refractivity contribution is 0.0698. The molecule has 0 aliphatic carbocycles. The highest BCUT2D eigenvalue weighted by Gasteiger charge is 2.24. The smallest absolute Gasteiger partial charge is 0.253 e. The van der Waals surface area contributed by atoms with Crippen LogP contribution in [0.4, 0.5) is 4.39 Å². The predicted molar refractivity (Wildman–Crippen MR) is 95.8 cm³/mol. The molecule has 2 aromatic carbocycles. The van der Waals surface area contributed by atoms with Crippen molar-refractivity contribution < 1.29 is 18.7 Å². The van der Waals surface area contributed by atoms with Crippen LogP contribution in [-0.4, -0.2) is 43.0 Å². The Balaban J connectivity index is 1.52. The van der Waals surface area contributed by atoms with Crippen molar-refractivity contribution in [2.45, 2.75) is 18.9 Å². The van der Waals surface area contributed by atoms with Gasteiger partial charge in [0.05, 0.1) is 7.11 Å². The molecule has 1 aliphatic rings. The molecular formula is C20H21FN2O3. The molecule has 0 radical (unpaired) electrons. The Hall–Kier alpha value is -2.89. The molecule has 0 unspecified atom stereocenters.